The van der Waals surface area contributed by atoms with Gasteiger partial charge in [-0.25, -0.2) is 14.7 Å². The molecule has 0 radical (unpaired) electrons. The van der Waals surface area contributed by atoms with Gasteiger partial charge in [0.2, 0.25) is 0 Å². The molecule has 0 aromatic heterocycles. The van der Waals surface area contributed by atoms with Gasteiger partial charge < -0.3 is 56.7 Å². The fourth-order valence-corrected chi connectivity index (χ4v) is 7.63. The van der Waals surface area contributed by atoms with Gasteiger partial charge in [-0.1, -0.05) is 136 Å². The van der Waals surface area contributed by atoms with E-state index in [1.54, 1.807) is 0 Å². The number of hydrogen-bond donors (Lipinski definition) is 0. The molecule has 25 heteroatoms. The van der Waals surface area contributed by atoms with Crippen LogP contribution in [0.3, 0.4) is 0 Å². The SMILES string of the molecule is CCCCCCCCCOOP(=O)([O-])OCCCOCCOCC.CCCCCCCCCOOP(=O)([O-])OCCCOCCOCC.CCCCCCCCCOOP(=O)([O-])OCCCOCCOCC.[Al+3]. The molecule has 0 heterocycles. The monoisotopic (exact) mass is 1130 g/mol. The summed E-state index contributed by atoms with van der Waals surface area (Å²) in [7, 11) is -13.1. The van der Waals surface area contributed by atoms with Crippen molar-refractivity contribution < 1.29 is 99.1 Å². The fraction of sp³-hybridized carbons (Fsp3) is 1.00. The van der Waals surface area contributed by atoms with E-state index in [1.807, 2.05) is 20.8 Å². The summed E-state index contributed by atoms with van der Waals surface area (Å²) in [5.41, 5.74) is 0. The van der Waals surface area contributed by atoms with Crippen LogP contribution in [0.15, 0.2) is 0 Å². The zero-order valence-electron chi connectivity index (χ0n) is 46.2. The van der Waals surface area contributed by atoms with Gasteiger partial charge >= 0.3 is 17.4 Å². The number of unbranched alkanes of at least 4 members (excludes halogenated alkanes) is 18. The van der Waals surface area contributed by atoms with Crippen molar-refractivity contribution in [2.24, 2.45) is 0 Å². The Morgan fingerprint density at radius 1 is 0.260 bits per heavy atom. The summed E-state index contributed by atoms with van der Waals surface area (Å²) in [6.45, 7) is 19.3. The number of ether oxygens (including phenoxy) is 6. The van der Waals surface area contributed by atoms with Crippen molar-refractivity contribution in [3.8, 4) is 0 Å². The molecule has 0 saturated heterocycles. The number of hydrogen-bond acceptors (Lipinski definition) is 21. The van der Waals surface area contributed by atoms with E-state index in [1.165, 1.54) is 77.0 Å². The van der Waals surface area contributed by atoms with Gasteiger partial charge in [0, 0.05) is 39.6 Å². The van der Waals surface area contributed by atoms with Gasteiger partial charge in [0.25, 0.3) is 23.5 Å². The summed E-state index contributed by atoms with van der Waals surface area (Å²) in [6, 6.07) is 0. The van der Waals surface area contributed by atoms with Gasteiger partial charge in [-0.05, 0) is 59.3 Å². The maximum atomic E-state index is 11.4. The Labute approximate surface area is 452 Å². The molecular weight excluding hydrogens is 1030 g/mol. The first kappa shape index (κ1) is 80.0. The van der Waals surface area contributed by atoms with Gasteiger partial charge in [-0.15, -0.1) is 0 Å². The van der Waals surface area contributed by atoms with Crippen molar-refractivity contribution in [3.63, 3.8) is 0 Å². The molecule has 0 amide bonds. The molecule has 0 rings (SSSR count). The Morgan fingerprint density at radius 3 is 0.712 bits per heavy atom. The first-order valence-electron chi connectivity index (χ1n) is 27.1. The van der Waals surface area contributed by atoms with Crippen LogP contribution >= 0.6 is 23.5 Å². The van der Waals surface area contributed by atoms with Gasteiger partial charge in [0.15, 0.2) is 0 Å². The zero-order valence-corrected chi connectivity index (χ0v) is 50.0. The number of rotatable bonds is 57. The second-order valence-electron chi connectivity index (χ2n) is 16.4. The van der Waals surface area contributed by atoms with Crippen molar-refractivity contribution in [2.45, 2.75) is 196 Å². The molecule has 3 atom stereocenters. The average molecular weight is 1140 g/mol. The van der Waals surface area contributed by atoms with Crippen molar-refractivity contribution in [1.82, 2.24) is 0 Å². The molecule has 21 nitrogen and oxygen atoms in total. The molecule has 0 spiro atoms. The molecule has 0 N–H and O–H groups in total. The van der Waals surface area contributed by atoms with Crippen molar-refractivity contribution >= 4 is 40.8 Å². The molecule has 0 aliphatic carbocycles. The summed E-state index contributed by atoms with van der Waals surface area (Å²) in [5.74, 6) is 0. The van der Waals surface area contributed by atoms with E-state index in [2.05, 4.69) is 48.4 Å². The normalized spacial score (nSPS) is 13.8. The molecule has 0 fully saturated rings. The fourth-order valence-electron chi connectivity index (χ4n) is 5.83. The molecule has 0 bridgehead atoms. The molecule has 0 saturated carbocycles. The summed E-state index contributed by atoms with van der Waals surface area (Å²) >= 11 is 0. The number of phosphoric ester groups is 3. The van der Waals surface area contributed by atoms with E-state index in [9.17, 15) is 28.4 Å². The summed E-state index contributed by atoms with van der Waals surface area (Å²) < 4.78 is 92.3. The van der Waals surface area contributed by atoms with Crippen LogP contribution in [0.25, 0.3) is 0 Å². The molecule has 0 aromatic carbocycles. The van der Waals surface area contributed by atoms with Gasteiger partial charge in [0.05, 0.1) is 79.3 Å². The van der Waals surface area contributed by atoms with Crippen LogP contribution in [-0.4, -0.2) is 136 Å². The smallest absolute Gasteiger partial charge is 0.754 e. The van der Waals surface area contributed by atoms with E-state index < -0.39 is 23.5 Å². The Bertz CT molecular complexity index is 1050. The minimum Gasteiger partial charge on any atom is -0.754 e. The first-order chi connectivity index (χ1) is 34.9. The third kappa shape index (κ3) is 74.6. The van der Waals surface area contributed by atoms with Crippen molar-refractivity contribution in [3.05, 3.63) is 0 Å². The Kier molecular flexibility index (Phi) is 71.2. The minimum atomic E-state index is -4.38. The Hall–Kier alpha value is 0.502. The quantitative estimate of drug-likeness (QED) is 0.0180. The molecule has 0 aromatic rings. The summed E-state index contributed by atoms with van der Waals surface area (Å²) in [6.07, 6.45) is 25.1. The Balaban J connectivity index is -0.000000486. The van der Waals surface area contributed by atoms with Crippen LogP contribution in [0.4, 0.5) is 0 Å². The average Bonchev–Trinajstić information content (AvgIpc) is 3.35. The second kappa shape index (κ2) is 65.0. The zero-order chi connectivity index (χ0) is 53.8. The standard InChI is InChI=1S/3C16H35O7P.Al/c3*1-3-5-6-7-8-9-10-13-21-23-24(17,18)22-14-11-12-20-16-15-19-4-2;/h3*3-16H2,1-2H3,(H,17,18);/q;;;+3/p-3. The van der Waals surface area contributed by atoms with E-state index in [0.29, 0.717) is 98.5 Å². The molecule has 438 valence electrons. The minimum absolute atomic E-state index is 0. The molecule has 3 unspecified atom stereocenters. The van der Waals surface area contributed by atoms with Crippen LogP contribution in [0.1, 0.15) is 196 Å². The van der Waals surface area contributed by atoms with Crippen molar-refractivity contribution in [2.75, 3.05) is 119 Å². The summed E-state index contributed by atoms with van der Waals surface area (Å²) in [5, 5.41) is 0. The third-order valence-corrected chi connectivity index (χ3v) is 12.1. The Morgan fingerprint density at radius 2 is 0.479 bits per heavy atom. The molecule has 0 aliphatic heterocycles. The van der Waals surface area contributed by atoms with Crippen LogP contribution in [0.5, 0.6) is 0 Å². The summed E-state index contributed by atoms with van der Waals surface area (Å²) in [4.78, 5) is 48.3. The van der Waals surface area contributed by atoms with Crippen LogP contribution in [0.2, 0.25) is 0 Å². The van der Waals surface area contributed by atoms with Crippen LogP contribution < -0.4 is 14.7 Å². The molecule has 0 aliphatic rings. The van der Waals surface area contributed by atoms with Gasteiger partial charge in [0.1, 0.15) is 0 Å². The molecular formula is C48H102AlO21P3. The van der Waals surface area contributed by atoms with E-state index in [4.69, 9.17) is 43.1 Å². The topological polar surface area (TPSA) is 259 Å². The predicted octanol–water partition coefficient (Wildman–Crippen LogP) is 10.5. The first-order valence-corrected chi connectivity index (χ1v) is 31.5. The number of phosphoric acid groups is 3. The van der Waals surface area contributed by atoms with E-state index in [0.717, 1.165) is 57.8 Å². The van der Waals surface area contributed by atoms with Crippen LogP contribution in [0, 0.1) is 0 Å². The largest absolute Gasteiger partial charge is 3.00 e. The second-order valence-corrected chi connectivity index (χ2v) is 20.3. The van der Waals surface area contributed by atoms with Gasteiger partial charge in [-0.2, -0.15) is 14.0 Å². The molecule has 73 heavy (non-hydrogen) atoms. The third-order valence-electron chi connectivity index (χ3n) is 9.70. The maximum absolute atomic E-state index is 11.4. The van der Waals surface area contributed by atoms with E-state index in [-0.39, 0.29) is 57.0 Å². The van der Waals surface area contributed by atoms with E-state index >= 15 is 0 Å². The van der Waals surface area contributed by atoms with Gasteiger partial charge in [-0.3, -0.25) is 13.7 Å². The van der Waals surface area contributed by atoms with Crippen LogP contribution in [-0.2, 0) is 84.4 Å². The maximum Gasteiger partial charge on any atom is 3.00 e. The predicted molar refractivity (Wildman–Crippen MR) is 277 cm³/mol. The van der Waals surface area contributed by atoms with Crippen molar-refractivity contribution in [1.29, 1.82) is 0 Å².